The summed E-state index contributed by atoms with van der Waals surface area (Å²) in [7, 11) is 0. The minimum atomic E-state index is 0.355. The molecule has 0 saturated heterocycles. The van der Waals surface area contributed by atoms with E-state index in [2.05, 4.69) is 24.2 Å². The third-order valence-corrected chi connectivity index (χ3v) is 3.37. The minimum Gasteiger partial charge on any atom is -0.383 e. The van der Waals surface area contributed by atoms with Crippen molar-refractivity contribution in [2.75, 3.05) is 5.73 Å². The average Bonchev–Trinajstić information content (AvgIpc) is 2.58. The van der Waals surface area contributed by atoms with Crippen molar-refractivity contribution in [3.63, 3.8) is 0 Å². The zero-order valence-corrected chi connectivity index (χ0v) is 10.8. The number of hydrogen-bond acceptors (Lipinski definition) is 2. The summed E-state index contributed by atoms with van der Waals surface area (Å²) in [6.07, 6.45) is 0. The van der Waals surface area contributed by atoms with Crippen LogP contribution in [0.3, 0.4) is 0 Å². The van der Waals surface area contributed by atoms with Crippen molar-refractivity contribution in [2.24, 2.45) is 0 Å². The van der Waals surface area contributed by atoms with E-state index in [1.54, 1.807) is 4.68 Å². The Balaban J connectivity index is 2.19. The van der Waals surface area contributed by atoms with Crippen LogP contribution >= 0.6 is 11.6 Å². The Hall–Kier alpha value is -1.48. The third kappa shape index (κ3) is 2.44. The Morgan fingerprint density at radius 3 is 2.53 bits per heavy atom. The predicted molar refractivity (Wildman–Crippen MR) is 71.2 cm³/mol. The molecule has 1 aromatic carbocycles. The van der Waals surface area contributed by atoms with Gasteiger partial charge in [0.15, 0.2) is 0 Å². The Labute approximate surface area is 106 Å². The van der Waals surface area contributed by atoms with Gasteiger partial charge in [-0.3, -0.25) is 0 Å². The summed E-state index contributed by atoms with van der Waals surface area (Å²) in [6, 6.07) is 10.3. The van der Waals surface area contributed by atoms with Gasteiger partial charge in [-0.15, -0.1) is 0 Å². The van der Waals surface area contributed by atoms with Gasteiger partial charge in [0.05, 0.1) is 5.69 Å². The highest BCUT2D eigenvalue weighted by atomic mass is 35.5. The molecule has 90 valence electrons. The molecule has 0 radical (unpaired) electrons. The van der Waals surface area contributed by atoms with Crippen LogP contribution in [0.1, 0.15) is 24.1 Å². The molecule has 1 unspecified atom stereocenters. The van der Waals surface area contributed by atoms with Crippen molar-refractivity contribution in [3.05, 3.63) is 46.6 Å². The van der Waals surface area contributed by atoms with E-state index in [-0.39, 0.29) is 0 Å². The van der Waals surface area contributed by atoms with Gasteiger partial charge in [-0.2, -0.15) is 5.10 Å². The number of aromatic nitrogens is 2. The van der Waals surface area contributed by atoms with E-state index in [0.717, 1.165) is 12.2 Å². The second kappa shape index (κ2) is 4.80. The lowest BCUT2D eigenvalue weighted by Crippen LogP contribution is -2.10. The predicted octanol–water partition coefficient (Wildman–Crippen LogP) is 3.23. The van der Waals surface area contributed by atoms with Gasteiger partial charge in [0, 0.05) is 12.5 Å². The van der Waals surface area contributed by atoms with Gasteiger partial charge < -0.3 is 5.73 Å². The number of nitrogens with two attached hydrogens (primary N) is 1. The second-order valence-corrected chi connectivity index (χ2v) is 4.66. The largest absolute Gasteiger partial charge is 0.383 e. The molecule has 0 saturated carbocycles. The monoisotopic (exact) mass is 249 g/mol. The lowest BCUT2D eigenvalue weighted by Gasteiger charge is -2.12. The van der Waals surface area contributed by atoms with Crippen LogP contribution in [0, 0.1) is 6.92 Å². The Bertz CT molecular complexity index is 505. The molecule has 1 heterocycles. The first-order valence-corrected chi connectivity index (χ1v) is 6.00. The average molecular weight is 250 g/mol. The first-order valence-electron chi connectivity index (χ1n) is 5.63. The van der Waals surface area contributed by atoms with Gasteiger partial charge in [0.1, 0.15) is 10.8 Å². The molecule has 4 heteroatoms. The summed E-state index contributed by atoms with van der Waals surface area (Å²) < 4.78 is 1.77. The maximum atomic E-state index is 6.02. The summed E-state index contributed by atoms with van der Waals surface area (Å²) in [5.41, 5.74) is 7.95. The molecule has 2 N–H and O–H groups in total. The Kier molecular flexibility index (Phi) is 3.38. The molecule has 2 aromatic rings. The minimum absolute atomic E-state index is 0.355. The van der Waals surface area contributed by atoms with E-state index < -0.39 is 0 Å². The first kappa shape index (κ1) is 12.0. The zero-order valence-electron chi connectivity index (χ0n) is 10.0. The molecular weight excluding hydrogens is 234 g/mol. The third-order valence-electron chi connectivity index (χ3n) is 2.91. The molecule has 0 aliphatic heterocycles. The summed E-state index contributed by atoms with van der Waals surface area (Å²) in [5.74, 6) is 0.904. The highest BCUT2D eigenvalue weighted by molar-refractivity contribution is 6.33. The molecule has 0 aliphatic rings. The topological polar surface area (TPSA) is 43.8 Å². The van der Waals surface area contributed by atoms with Crippen molar-refractivity contribution < 1.29 is 0 Å². The standard InChI is InChI=1S/C13H16ClN3/c1-9(11-6-4-3-5-7-11)8-17-13(15)12(14)10(2)16-17/h3-7,9H,8,15H2,1-2H3. The lowest BCUT2D eigenvalue weighted by atomic mass is 10.0. The van der Waals surface area contributed by atoms with Crippen LogP contribution in [0.5, 0.6) is 0 Å². The number of benzene rings is 1. The number of nitrogen functional groups attached to an aromatic ring is 1. The van der Waals surface area contributed by atoms with Gasteiger partial charge >= 0.3 is 0 Å². The highest BCUT2D eigenvalue weighted by Crippen LogP contribution is 2.25. The Morgan fingerprint density at radius 2 is 2.00 bits per heavy atom. The number of halogens is 1. The van der Waals surface area contributed by atoms with Crippen LogP contribution in [0.15, 0.2) is 30.3 Å². The zero-order chi connectivity index (χ0) is 12.4. The van der Waals surface area contributed by atoms with E-state index >= 15 is 0 Å². The van der Waals surface area contributed by atoms with Gasteiger partial charge in [-0.05, 0) is 12.5 Å². The number of nitrogens with zero attached hydrogens (tertiary/aromatic N) is 2. The van der Waals surface area contributed by atoms with Gasteiger partial charge in [-0.25, -0.2) is 4.68 Å². The van der Waals surface area contributed by atoms with Crippen LogP contribution in [0.4, 0.5) is 5.82 Å². The van der Waals surface area contributed by atoms with E-state index in [0.29, 0.717) is 16.8 Å². The van der Waals surface area contributed by atoms with Crippen molar-refractivity contribution in [2.45, 2.75) is 26.3 Å². The fourth-order valence-electron chi connectivity index (χ4n) is 1.86. The molecule has 0 bridgehead atoms. The van der Waals surface area contributed by atoms with E-state index in [9.17, 15) is 0 Å². The smallest absolute Gasteiger partial charge is 0.140 e. The molecule has 17 heavy (non-hydrogen) atoms. The van der Waals surface area contributed by atoms with Crippen molar-refractivity contribution in [1.82, 2.24) is 9.78 Å². The lowest BCUT2D eigenvalue weighted by molar-refractivity contribution is 0.547. The number of rotatable bonds is 3. The fraction of sp³-hybridized carbons (Fsp3) is 0.308. The summed E-state index contributed by atoms with van der Waals surface area (Å²) >= 11 is 6.02. The van der Waals surface area contributed by atoms with E-state index in [1.165, 1.54) is 5.56 Å². The number of anilines is 1. The fourth-order valence-corrected chi connectivity index (χ4v) is 2.00. The van der Waals surface area contributed by atoms with Crippen LogP contribution in [0.25, 0.3) is 0 Å². The van der Waals surface area contributed by atoms with Crippen molar-refractivity contribution in [1.29, 1.82) is 0 Å². The van der Waals surface area contributed by atoms with Crippen LogP contribution < -0.4 is 5.73 Å². The second-order valence-electron chi connectivity index (χ2n) is 4.28. The van der Waals surface area contributed by atoms with Crippen molar-refractivity contribution >= 4 is 17.4 Å². The summed E-state index contributed by atoms with van der Waals surface area (Å²) in [4.78, 5) is 0. The Morgan fingerprint density at radius 1 is 1.35 bits per heavy atom. The molecule has 1 aromatic heterocycles. The maximum absolute atomic E-state index is 6.02. The van der Waals surface area contributed by atoms with Crippen LogP contribution in [-0.4, -0.2) is 9.78 Å². The highest BCUT2D eigenvalue weighted by Gasteiger charge is 2.13. The van der Waals surface area contributed by atoms with Gasteiger partial charge in [-0.1, -0.05) is 48.9 Å². The molecule has 0 aliphatic carbocycles. The molecular formula is C13H16ClN3. The van der Waals surface area contributed by atoms with E-state index in [1.807, 2.05) is 25.1 Å². The number of hydrogen-bond donors (Lipinski definition) is 1. The van der Waals surface area contributed by atoms with Gasteiger partial charge in [0.25, 0.3) is 0 Å². The maximum Gasteiger partial charge on any atom is 0.140 e. The molecule has 0 spiro atoms. The molecule has 3 nitrogen and oxygen atoms in total. The van der Waals surface area contributed by atoms with Crippen molar-refractivity contribution in [3.8, 4) is 0 Å². The van der Waals surface area contributed by atoms with Gasteiger partial charge in [0.2, 0.25) is 0 Å². The molecule has 0 amide bonds. The normalized spacial score (nSPS) is 12.6. The number of aryl methyl sites for hydroxylation is 1. The quantitative estimate of drug-likeness (QED) is 0.908. The molecule has 2 rings (SSSR count). The molecule has 0 fully saturated rings. The van der Waals surface area contributed by atoms with E-state index in [4.69, 9.17) is 17.3 Å². The SMILES string of the molecule is Cc1nn(CC(C)c2ccccc2)c(N)c1Cl. The van der Waals surface area contributed by atoms with Crippen LogP contribution in [0.2, 0.25) is 5.02 Å². The summed E-state index contributed by atoms with van der Waals surface area (Å²) in [5, 5.41) is 4.90. The summed E-state index contributed by atoms with van der Waals surface area (Å²) in [6.45, 7) is 4.76. The molecule has 1 atom stereocenters. The van der Waals surface area contributed by atoms with Crippen LogP contribution in [-0.2, 0) is 6.54 Å². The first-order chi connectivity index (χ1) is 8.09.